The number of likely N-dealkylation sites (N-methyl/N-ethyl adjacent to an activating group) is 1. The molecule has 0 aliphatic heterocycles. The van der Waals surface area contributed by atoms with Gasteiger partial charge in [-0.1, -0.05) is 0 Å². The first-order valence-electron chi connectivity index (χ1n) is 5.15. The molecule has 0 unspecified atom stereocenters. The van der Waals surface area contributed by atoms with Gasteiger partial charge in [0.15, 0.2) is 0 Å². The Morgan fingerprint density at radius 3 is 2.79 bits per heavy atom. The number of aromatic nitrogens is 1. The molecule has 0 radical (unpaired) electrons. The number of hydrogen-bond acceptors (Lipinski definition) is 2. The van der Waals surface area contributed by atoms with Gasteiger partial charge >= 0.3 is 0 Å². The normalized spacial score (nSPS) is 11.9. The van der Waals surface area contributed by atoms with Gasteiger partial charge in [-0.05, 0) is 45.5 Å². The lowest BCUT2D eigenvalue weighted by Crippen LogP contribution is -2.47. The van der Waals surface area contributed by atoms with Gasteiger partial charge < -0.3 is 15.6 Å². The topological polar surface area (TPSA) is 39.8 Å². The van der Waals surface area contributed by atoms with Crippen LogP contribution >= 0.6 is 0 Å². The zero-order valence-electron chi connectivity index (χ0n) is 9.35. The summed E-state index contributed by atoms with van der Waals surface area (Å²) < 4.78 is 0. The summed E-state index contributed by atoms with van der Waals surface area (Å²) in [5.74, 6) is 0. The standard InChI is InChI=1S/C11H21N3/c1-11(2,9-12-3)14-7-5-10-4-6-13-8-10/h4,6,8,12-14H,5,7,9H2,1-3H3. The van der Waals surface area contributed by atoms with E-state index in [0.29, 0.717) is 0 Å². The maximum Gasteiger partial charge on any atom is 0.0249 e. The molecule has 0 spiro atoms. The van der Waals surface area contributed by atoms with Crippen LogP contribution in [0.5, 0.6) is 0 Å². The zero-order chi connectivity index (χ0) is 10.4. The number of H-pyrrole nitrogens is 1. The minimum Gasteiger partial charge on any atom is -0.367 e. The van der Waals surface area contributed by atoms with Crippen molar-refractivity contribution < 1.29 is 0 Å². The highest BCUT2D eigenvalue weighted by atomic mass is 15.0. The van der Waals surface area contributed by atoms with Crippen molar-refractivity contribution in [3.63, 3.8) is 0 Å². The van der Waals surface area contributed by atoms with E-state index in [0.717, 1.165) is 19.5 Å². The number of hydrogen-bond donors (Lipinski definition) is 3. The molecule has 1 aromatic rings. The quantitative estimate of drug-likeness (QED) is 0.637. The van der Waals surface area contributed by atoms with Crippen LogP contribution in [0.4, 0.5) is 0 Å². The highest BCUT2D eigenvalue weighted by Gasteiger charge is 2.14. The van der Waals surface area contributed by atoms with Crippen molar-refractivity contribution in [2.75, 3.05) is 20.1 Å². The van der Waals surface area contributed by atoms with Crippen molar-refractivity contribution in [2.24, 2.45) is 0 Å². The van der Waals surface area contributed by atoms with Gasteiger partial charge in [0, 0.05) is 24.5 Å². The predicted octanol–water partition coefficient (Wildman–Crippen LogP) is 1.14. The Balaban J connectivity index is 2.20. The fourth-order valence-electron chi connectivity index (χ4n) is 1.56. The van der Waals surface area contributed by atoms with Crippen LogP contribution in [0, 0.1) is 0 Å². The van der Waals surface area contributed by atoms with Crippen molar-refractivity contribution in [3.05, 3.63) is 24.0 Å². The van der Waals surface area contributed by atoms with Crippen LogP contribution in [0.3, 0.4) is 0 Å². The van der Waals surface area contributed by atoms with E-state index in [9.17, 15) is 0 Å². The Kier molecular flexibility index (Phi) is 4.17. The van der Waals surface area contributed by atoms with Crippen LogP contribution in [0.15, 0.2) is 18.5 Å². The molecule has 3 nitrogen and oxygen atoms in total. The largest absolute Gasteiger partial charge is 0.367 e. The molecule has 0 atom stereocenters. The molecule has 1 heterocycles. The summed E-state index contributed by atoms with van der Waals surface area (Å²) in [6, 6.07) is 2.12. The van der Waals surface area contributed by atoms with Gasteiger partial charge in [0.2, 0.25) is 0 Å². The molecule has 1 aromatic heterocycles. The summed E-state index contributed by atoms with van der Waals surface area (Å²) in [7, 11) is 1.98. The molecule has 3 heteroatoms. The molecular formula is C11H21N3. The lowest BCUT2D eigenvalue weighted by molar-refractivity contribution is 0.379. The molecule has 0 amide bonds. The van der Waals surface area contributed by atoms with Crippen LogP contribution < -0.4 is 10.6 Å². The van der Waals surface area contributed by atoms with E-state index >= 15 is 0 Å². The summed E-state index contributed by atoms with van der Waals surface area (Å²) in [6.45, 7) is 6.42. The molecule has 0 fully saturated rings. The number of nitrogens with one attached hydrogen (secondary N) is 3. The van der Waals surface area contributed by atoms with Crippen molar-refractivity contribution in [3.8, 4) is 0 Å². The average molecular weight is 195 g/mol. The molecule has 1 rings (SSSR count). The second kappa shape index (κ2) is 5.17. The Labute approximate surface area is 86.3 Å². The fourth-order valence-corrected chi connectivity index (χ4v) is 1.56. The molecule has 0 bridgehead atoms. The highest BCUT2D eigenvalue weighted by molar-refractivity contribution is 5.08. The molecule has 0 saturated heterocycles. The molecule has 0 saturated carbocycles. The Bertz CT molecular complexity index is 239. The minimum atomic E-state index is 0.172. The second-order valence-corrected chi connectivity index (χ2v) is 4.31. The van der Waals surface area contributed by atoms with Gasteiger partial charge in [-0.15, -0.1) is 0 Å². The SMILES string of the molecule is CNCC(C)(C)NCCc1cc[nH]c1. The van der Waals surface area contributed by atoms with E-state index in [-0.39, 0.29) is 5.54 Å². The van der Waals surface area contributed by atoms with Crippen molar-refractivity contribution in [1.82, 2.24) is 15.6 Å². The third-order valence-electron chi connectivity index (χ3n) is 2.30. The summed E-state index contributed by atoms with van der Waals surface area (Å²) in [5.41, 5.74) is 1.53. The molecule has 80 valence electrons. The van der Waals surface area contributed by atoms with Gasteiger partial charge in [-0.3, -0.25) is 0 Å². The lowest BCUT2D eigenvalue weighted by Gasteiger charge is -2.25. The maximum atomic E-state index is 3.52. The van der Waals surface area contributed by atoms with Crippen molar-refractivity contribution >= 4 is 0 Å². The van der Waals surface area contributed by atoms with Gasteiger partial charge in [0.1, 0.15) is 0 Å². The molecule has 14 heavy (non-hydrogen) atoms. The summed E-state index contributed by atoms with van der Waals surface area (Å²) in [4.78, 5) is 3.06. The van der Waals surface area contributed by atoms with Crippen LogP contribution in [0.1, 0.15) is 19.4 Å². The zero-order valence-corrected chi connectivity index (χ0v) is 9.35. The maximum absolute atomic E-state index is 3.52. The van der Waals surface area contributed by atoms with Gasteiger partial charge in [0.05, 0.1) is 0 Å². The Hall–Kier alpha value is -0.800. The minimum absolute atomic E-state index is 0.172. The van der Waals surface area contributed by atoms with Gasteiger partial charge in [-0.25, -0.2) is 0 Å². The molecule has 0 aliphatic rings. The first-order chi connectivity index (χ1) is 6.64. The van der Waals surface area contributed by atoms with Crippen LogP contribution in [0.25, 0.3) is 0 Å². The van der Waals surface area contributed by atoms with Crippen molar-refractivity contribution in [2.45, 2.75) is 25.8 Å². The Morgan fingerprint density at radius 2 is 2.21 bits per heavy atom. The Morgan fingerprint density at radius 1 is 1.43 bits per heavy atom. The van der Waals surface area contributed by atoms with Gasteiger partial charge in [0.25, 0.3) is 0 Å². The molecule has 0 aromatic carbocycles. The monoisotopic (exact) mass is 195 g/mol. The lowest BCUT2D eigenvalue weighted by atomic mass is 10.1. The summed E-state index contributed by atoms with van der Waals surface area (Å²) in [6.07, 6.45) is 5.09. The molecular weight excluding hydrogens is 174 g/mol. The summed E-state index contributed by atoms with van der Waals surface area (Å²) in [5, 5.41) is 6.70. The van der Waals surface area contributed by atoms with Gasteiger partial charge in [-0.2, -0.15) is 0 Å². The molecule has 3 N–H and O–H groups in total. The van der Waals surface area contributed by atoms with E-state index in [2.05, 4.69) is 35.5 Å². The first kappa shape index (κ1) is 11.3. The van der Waals surface area contributed by atoms with E-state index in [4.69, 9.17) is 0 Å². The highest BCUT2D eigenvalue weighted by Crippen LogP contribution is 2.01. The third kappa shape index (κ3) is 3.94. The van der Waals surface area contributed by atoms with Crippen LogP contribution in [0.2, 0.25) is 0 Å². The predicted molar refractivity (Wildman–Crippen MR) is 60.5 cm³/mol. The summed E-state index contributed by atoms with van der Waals surface area (Å²) >= 11 is 0. The number of aromatic amines is 1. The average Bonchev–Trinajstić information content (AvgIpc) is 2.56. The first-order valence-corrected chi connectivity index (χ1v) is 5.15. The van der Waals surface area contributed by atoms with E-state index < -0.39 is 0 Å². The van der Waals surface area contributed by atoms with Crippen LogP contribution in [-0.4, -0.2) is 30.7 Å². The fraction of sp³-hybridized carbons (Fsp3) is 0.636. The number of rotatable bonds is 6. The van der Waals surface area contributed by atoms with E-state index in [1.807, 2.05) is 19.4 Å². The van der Waals surface area contributed by atoms with E-state index in [1.54, 1.807) is 0 Å². The smallest absolute Gasteiger partial charge is 0.0249 e. The molecule has 0 aliphatic carbocycles. The van der Waals surface area contributed by atoms with E-state index in [1.165, 1.54) is 5.56 Å². The second-order valence-electron chi connectivity index (χ2n) is 4.31. The van der Waals surface area contributed by atoms with Crippen LogP contribution in [-0.2, 0) is 6.42 Å². The third-order valence-corrected chi connectivity index (χ3v) is 2.30. The van der Waals surface area contributed by atoms with Crippen molar-refractivity contribution in [1.29, 1.82) is 0 Å².